The summed E-state index contributed by atoms with van der Waals surface area (Å²) in [6.45, 7) is 0. The van der Waals surface area contributed by atoms with Crippen molar-refractivity contribution in [3.05, 3.63) is 58.3 Å². The molecule has 0 aliphatic carbocycles. The van der Waals surface area contributed by atoms with Crippen LogP contribution in [0.5, 0.6) is 0 Å². The average Bonchev–Trinajstić information content (AvgIpc) is 2.32. The summed E-state index contributed by atoms with van der Waals surface area (Å²) in [5.41, 5.74) is 7.21. The van der Waals surface area contributed by atoms with Crippen LogP contribution in [-0.4, -0.2) is 4.21 Å². The topological polar surface area (TPSA) is 43.1 Å². The van der Waals surface area contributed by atoms with Gasteiger partial charge in [-0.15, -0.1) is 0 Å². The molecule has 0 fully saturated rings. The Kier molecular flexibility index (Phi) is 4.14. The third-order valence-corrected chi connectivity index (χ3v) is 4.30. The lowest BCUT2D eigenvalue weighted by molar-refractivity contribution is 0.622. The first-order valence-corrected chi connectivity index (χ1v) is 7.35. The molecule has 5 heteroatoms. The van der Waals surface area contributed by atoms with Crippen LogP contribution < -0.4 is 5.73 Å². The maximum atomic E-state index is 13.0. The van der Waals surface area contributed by atoms with Crippen LogP contribution in [0.2, 0.25) is 0 Å². The molecule has 0 heterocycles. The molecule has 94 valence electrons. The van der Waals surface area contributed by atoms with Gasteiger partial charge < -0.3 is 5.73 Å². The smallest absolute Gasteiger partial charge is 0.124 e. The second kappa shape index (κ2) is 5.63. The number of nitrogens with two attached hydrogens (primary N) is 1. The van der Waals surface area contributed by atoms with Gasteiger partial charge in [0.25, 0.3) is 0 Å². The number of halogens is 2. The molecular weight excluding hydrogens is 317 g/mol. The molecule has 18 heavy (non-hydrogen) atoms. The maximum absolute atomic E-state index is 13.0. The molecule has 0 saturated carbocycles. The fourth-order valence-electron chi connectivity index (χ4n) is 1.53. The summed E-state index contributed by atoms with van der Waals surface area (Å²) in [6.07, 6.45) is 0. The number of nitrogen functional groups attached to an aromatic ring is 1. The van der Waals surface area contributed by atoms with E-state index in [1.54, 1.807) is 18.2 Å². The highest BCUT2D eigenvalue weighted by molar-refractivity contribution is 9.10. The highest BCUT2D eigenvalue weighted by atomic mass is 79.9. The Hall–Kier alpha value is -1.20. The van der Waals surface area contributed by atoms with Crippen LogP contribution in [0.15, 0.2) is 51.8 Å². The highest BCUT2D eigenvalue weighted by Crippen LogP contribution is 2.21. The third kappa shape index (κ3) is 3.17. The van der Waals surface area contributed by atoms with E-state index in [0.29, 0.717) is 10.6 Å². The van der Waals surface area contributed by atoms with Gasteiger partial charge in [0.15, 0.2) is 0 Å². The molecule has 2 nitrogen and oxygen atoms in total. The lowest BCUT2D eigenvalue weighted by Crippen LogP contribution is -2.00. The first-order chi connectivity index (χ1) is 8.56. The summed E-state index contributed by atoms with van der Waals surface area (Å²) >= 11 is 3.31. The Labute approximate surface area is 116 Å². The van der Waals surface area contributed by atoms with Gasteiger partial charge in [0.05, 0.1) is 16.6 Å². The van der Waals surface area contributed by atoms with E-state index < -0.39 is 10.8 Å². The van der Waals surface area contributed by atoms with Crippen LogP contribution in [0.25, 0.3) is 0 Å². The molecule has 2 rings (SSSR count). The molecule has 2 aromatic rings. The van der Waals surface area contributed by atoms with Crippen molar-refractivity contribution in [3.8, 4) is 0 Å². The third-order valence-electron chi connectivity index (χ3n) is 2.45. The largest absolute Gasteiger partial charge is 0.398 e. The molecule has 0 bridgehead atoms. The Morgan fingerprint density at radius 2 is 2.00 bits per heavy atom. The number of benzene rings is 2. The minimum Gasteiger partial charge on any atom is -0.398 e. The van der Waals surface area contributed by atoms with Gasteiger partial charge in [0.1, 0.15) is 5.82 Å². The van der Waals surface area contributed by atoms with Crippen molar-refractivity contribution < 1.29 is 8.60 Å². The van der Waals surface area contributed by atoms with Crippen molar-refractivity contribution in [2.75, 3.05) is 5.73 Å². The fourth-order valence-corrected chi connectivity index (χ4v) is 3.10. The Morgan fingerprint density at radius 1 is 1.22 bits per heavy atom. The van der Waals surface area contributed by atoms with Gasteiger partial charge in [0, 0.05) is 15.1 Å². The molecular formula is C13H11BrFNOS. The zero-order valence-corrected chi connectivity index (χ0v) is 11.8. The van der Waals surface area contributed by atoms with E-state index in [1.165, 1.54) is 12.1 Å². The first kappa shape index (κ1) is 13.2. The summed E-state index contributed by atoms with van der Waals surface area (Å²) in [7, 11) is -1.30. The van der Waals surface area contributed by atoms with Gasteiger partial charge in [-0.1, -0.05) is 28.1 Å². The van der Waals surface area contributed by atoms with Gasteiger partial charge in [-0.05, 0) is 35.9 Å². The lowest BCUT2D eigenvalue weighted by atomic mass is 10.2. The summed E-state index contributed by atoms with van der Waals surface area (Å²) in [5.74, 6) is -0.104. The van der Waals surface area contributed by atoms with E-state index in [0.717, 1.165) is 10.0 Å². The number of hydrogen-bond donors (Lipinski definition) is 1. The molecule has 0 aromatic heterocycles. The second-order valence-corrected chi connectivity index (χ2v) is 6.16. The van der Waals surface area contributed by atoms with Crippen molar-refractivity contribution in [3.63, 3.8) is 0 Å². The van der Waals surface area contributed by atoms with Crippen molar-refractivity contribution in [1.29, 1.82) is 0 Å². The van der Waals surface area contributed by atoms with Crippen molar-refractivity contribution >= 4 is 32.4 Å². The predicted octanol–water partition coefficient (Wildman–Crippen LogP) is 3.48. The van der Waals surface area contributed by atoms with Crippen LogP contribution in [0.1, 0.15) is 5.56 Å². The summed E-state index contributed by atoms with van der Waals surface area (Å²) in [6, 6.07) is 11.2. The second-order valence-electron chi connectivity index (χ2n) is 3.79. The minimum absolute atomic E-state index is 0.280. The normalized spacial score (nSPS) is 12.3. The number of anilines is 1. The summed E-state index contributed by atoms with van der Waals surface area (Å²) < 4.78 is 26.0. The highest BCUT2D eigenvalue weighted by Gasteiger charge is 2.08. The quantitative estimate of drug-likeness (QED) is 0.877. The van der Waals surface area contributed by atoms with E-state index in [-0.39, 0.29) is 11.6 Å². The minimum atomic E-state index is -1.30. The number of rotatable bonds is 3. The van der Waals surface area contributed by atoms with E-state index >= 15 is 0 Å². The fraction of sp³-hybridized carbons (Fsp3) is 0.0769. The molecule has 0 amide bonds. The predicted molar refractivity (Wildman–Crippen MR) is 75.1 cm³/mol. The molecule has 0 saturated heterocycles. The van der Waals surface area contributed by atoms with Gasteiger partial charge in [-0.2, -0.15) is 0 Å². The van der Waals surface area contributed by atoms with Crippen molar-refractivity contribution in [2.24, 2.45) is 0 Å². The van der Waals surface area contributed by atoms with Gasteiger partial charge in [-0.3, -0.25) is 4.21 Å². The van der Waals surface area contributed by atoms with Crippen LogP contribution in [-0.2, 0) is 16.6 Å². The van der Waals surface area contributed by atoms with E-state index in [9.17, 15) is 8.60 Å². The molecule has 2 N–H and O–H groups in total. The molecule has 0 aliphatic rings. The van der Waals surface area contributed by atoms with Crippen LogP contribution in [0.4, 0.5) is 10.1 Å². The van der Waals surface area contributed by atoms with Crippen molar-refractivity contribution in [1.82, 2.24) is 0 Å². The van der Waals surface area contributed by atoms with E-state index in [1.807, 2.05) is 12.1 Å². The lowest BCUT2D eigenvalue weighted by Gasteiger charge is -2.06. The molecule has 1 unspecified atom stereocenters. The SMILES string of the molecule is Nc1cc(Br)ccc1CS(=O)c1cccc(F)c1. The zero-order chi connectivity index (χ0) is 13.1. The van der Waals surface area contributed by atoms with Crippen LogP contribution >= 0.6 is 15.9 Å². The Bertz CT molecular complexity index is 603. The average molecular weight is 328 g/mol. The zero-order valence-electron chi connectivity index (χ0n) is 9.40. The Morgan fingerprint density at radius 3 is 2.67 bits per heavy atom. The molecule has 0 aliphatic heterocycles. The standard InChI is InChI=1S/C13H11BrFNOS/c14-10-5-4-9(13(16)6-10)8-18(17)12-3-1-2-11(15)7-12/h1-7H,8,16H2. The van der Waals surface area contributed by atoms with Crippen LogP contribution in [0, 0.1) is 5.82 Å². The maximum Gasteiger partial charge on any atom is 0.124 e. The van der Waals surface area contributed by atoms with Gasteiger partial charge in [-0.25, -0.2) is 4.39 Å². The van der Waals surface area contributed by atoms with Gasteiger partial charge in [0.2, 0.25) is 0 Å². The van der Waals surface area contributed by atoms with E-state index in [4.69, 9.17) is 5.73 Å². The molecule has 1 atom stereocenters. The number of hydrogen-bond acceptors (Lipinski definition) is 2. The molecule has 0 spiro atoms. The molecule has 2 aromatic carbocycles. The summed E-state index contributed by atoms with van der Waals surface area (Å²) in [5, 5.41) is 0. The van der Waals surface area contributed by atoms with Gasteiger partial charge >= 0.3 is 0 Å². The monoisotopic (exact) mass is 327 g/mol. The summed E-state index contributed by atoms with van der Waals surface area (Å²) in [4.78, 5) is 0.470. The first-order valence-electron chi connectivity index (χ1n) is 5.24. The molecule has 0 radical (unpaired) electrons. The van der Waals surface area contributed by atoms with Crippen LogP contribution in [0.3, 0.4) is 0 Å². The van der Waals surface area contributed by atoms with Crippen molar-refractivity contribution in [2.45, 2.75) is 10.6 Å². The van der Waals surface area contributed by atoms with E-state index in [2.05, 4.69) is 15.9 Å². The Balaban J connectivity index is 2.21.